The fraction of sp³-hybridized carbons (Fsp3) is 0.278. The Labute approximate surface area is 162 Å². The van der Waals surface area contributed by atoms with Crippen molar-refractivity contribution in [1.29, 1.82) is 0 Å². The summed E-state index contributed by atoms with van der Waals surface area (Å²) in [5.41, 5.74) is 0.377. The lowest BCUT2D eigenvalue weighted by Gasteiger charge is -2.14. The van der Waals surface area contributed by atoms with E-state index in [4.69, 9.17) is 14.2 Å². The number of pyridine rings is 1. The molecule has 1 aromatic carbocycles. The van der Waals surface area contributed by atoms with Crippen LogP contribution in [0.25, 0.3) is 0 Å². The van der Waals surface area contributed by atoms with E-state index in [0.29, 0.717) is 17.2 Å². The molecule has 3 rings (SSSR count). The molecule has 154 valence electrons. The molecular weight excluding hydrogens is 397 g/mol. The highest BCUT2D eigenvalue weighted by Gasteiger charge is 2.28. The molecule has 2 heterocycles. The Morgan fingerprint density at radius 3 is 2.66 bits per heavy atom. The van der Waals surface area contributed by atoms with Crippen LogP contribution in [0.2, 0.25) is 0 Å². The van der Waals surface area contributed by atoms with E-state index in [2.05, 4.69) is 15.0 Å². The second-order valence-corrected chi connectivity index (χ2v) is 5.89. The monoisotopic (exact) mass is 412 g/mol. The van der Waals surface area contributed by atoms with Gasteiger partial charge in [-0.2, -0.15) is 13.2 Å². The zero-order valence-electron chi connectivity index (χ0n) is 15.0. The van der Waals surface area contributed by atoms with Crippen LogP contribution in [0.5, 0.6) is 17.4 Å². The van der Waals surface area contributed by atoms with Crippen molar-refractivity contribution in [3.8, 4) is 17.4 Å². The molecule has 1 N–H and O–H groups in total. The van der Waals surface area contributed by atoms with Crippen LogP contribution in [-0.2, 0) is 9.53 Å². The lowest BCUT2D eigenvalue weighted by molar-refractivity contribution is -0.154. The second kappa shape index (κ2) is 8.25. The number of carbonyl (C=O) groups excluding carboxylic acids is 2. The van der Waals surface area contributed by atoms with Crippen LogP contribution in [-0.4, -0.2) is 42.5 Å². The third kappa shape index (κ3) is 5.50. The first-order valence-corrected chi connectivity index (χ1v) is 8.28. The van der Waals surface area contributed by atoms with Crippen molar-refractivity contribution in [2.24, 2.45) is 0 Å². The number of esters is 1. The van der Waals surface area contributed by atoms with Gasteiger partial charge in [-0.15, -0.1) is 0 Å². The topological polar surface area (TPSA) is 96.0 Å². The molecule has 8 nitrogen and oxygen atoms in total. The van der Waals surface area contributed by atoms with Gasteiger partial charge in [-0.05, 0) is 25.1 Å². The fourth-order valence-electron chi connectivity index (χ4n) is 2.24. The third-order valence-electron chi connectivity index (χ3n) is 3.65. The molecule has 2 aromatic rings. The van der Waals surface area contributed by atoms with Crippen LogP contribution < -0.4 is 19.5 Å². The number of aromatic nitrogens is 1. The number of nitrogens with zero attached hydrogens (tertiary/aromatic N) is 1. The van der Waals surface area contributed by atoms with Crippen LogP contribution in [0.3, 0.4) is 0 Å². The van der Waals surface area contributed by atoms with Gasteiger partial charge in [-0.3, -0.25) is 4.79 Å². The molecule has 1 atom stereocenters. The molecule has 0 saturated heterocycles. The summed E-state index contributed by atoms with van der Waals surface area (Å²) in [5.74, 6) is -0.722. The van der Waals surface area contributed by atoms with Gasteiger partial charge in [-0.1, -0.05) is 0 Å². The van der Waals surface area contributed by atoms with Crippen LogP contribution in [0, 0.1) is 0 Å². The molecule has 0 fully saturated rings. The predicted octanol–water partition coefficient (Wildman–Crippen LogP) is 2.94. The summed E-state index contributed by atoms with van der Waals surface area (Å²) in [6, 6.07) is 7.08. The number of carbonyl (C=O) groups is 2. The summed E-state index contributed by atoms with van der Waals surface area (Å²) >= 11 is 0. The molecule has 0 spiro atoms. The minimum Gasteiger partial charge on any atom is -0.468 e. The Morgan fingerprint density at radius 1 is 1.21 bits per heavy atom. The number of anilines is 1. The number of rotatable bonds is 6. The van der Waals surface area contributed by atoms with E-state index in [1.807, 2.05) is 0 Å². The maximum atomic E-state index is 12.2. The number of fused-ring (bicyclic) bond motifs is 1. The Hall–Kier alpha value is -3.50. The van der Waals surface area contributed by atoms with Gasteiger partial charge in [-0.25, -0.2) is 9.78 Å². The van der Waals surface area contributed by atoms with E-state index in [1.165, 1.54) is 13.0 Å². The molecule has 1 aromatic heterocycles. The number of hydrogen-bond donors (Lipinski definition) is 1. The highest BCUT2D eigenvalue weighted by Crippen LogP contribution is 2.34. The third-order valence-corrected chi connectivity index (χ3v) is 3.65. The smallest absolute Gasteiger partial charge is 0.422 e. The van der Waals surface area contributed by atoms with Gasteiger partial charge in [0.1, 0.15) is 0 Å². The highest BCUT2D eigenvalue weighted by atomic mass is 19.4. The van der Waals surface area contributed by atoms with Crippen molar-refractivity contribution in [2.45, 2.75) is 19.2 Å². The lowest BCUT2D eigenvalue weighted by atomic mass is 10.2. The summed E-state index contributed by atoms with van der Waals surface area (Å²) in [6.45, 7) is -0.0376. The molecule has 1 aliphatic heterocycles. The normalized spacial score (nSPS) is 13.5. The minimum absolute atomic E-state index is 0.0490. The lowest BCUT2D eigenvalue weighted by Crippen LogP contribution is -2.30. The van der Waals surface area contributed by atoms with Gasteiger partial charge in [0.15, 0.2) is 24.2 Å². The maximum Gasteiger partial charge on any atom is 0.422 e. The summed E-state index contributed by atoms with van der Waals surface area (Å²) in [5, 5.41) is 2.57. The summed E-state index contributed by atoms with van der Waals surface area (Å²) in [7, 11) is 0. The zero-order valence-corrected chi connectivity index (χ0v) is 15.0. The van der Waals surface area contributed by atoms with Gasteiger partial charge in [0, 0.05) is 24.0 Å². The predicted molar refractivity (Wildman–Crippen MR) is 91.9 cm³/mol. The number of nitrogens with one attached hydrogen (secondary N) is 1. The van der Waals surface area contributed by atoms with Gasteiger partial charge in [0.2, 0.25) is 12.7 Å². The molecule has 1 unspecified atom stereocenters. The number of hydrogen-bond acceptors (Lipinski definition) is 7. The summed E-state index contributed by atoms with van der Waals surface area (Å²) < 4.78 is 56.2. The number of alkyl halides is 3. The zero-order chi connectivity index (χ0) is 21.0. The van der Waals surface area contributed by atoms with E-state index >= 15 is 0 Å². The molecule has 29 heavy (non-hydrogen) atoms. The van der Waals surface area contributed by atoms with Gasteiger partial charge in [0.25, 0.3) is 5.91 Å². The van der Waals surface area contributed by atoms with E-state index in [1.54, 1.807) is 18.2 Å². The molecule has 0 radical (unpaired) electrons. The average molecular weight is 412 g/mol. The number of benzene rings is 1. The standard InChI is InChI=1S/C18H15F3N2O6/c1-10(16(24)23-12-3-4-13-14(6-12)28-9-27-13)29-17(25)11-2-5-15(22-7-11)26-8-18(19,20)21/h2-7,10H,8-9H2,1H3,(H,23,24). The van der Waals surface area contributed by atoms with Crippen molar-refractivity contribution in [3.05, 3.63) is 42.1 Å². The van der Waals surface area contributed by atoms with Crippen LogP contribution in [0.4, 0.5) is 18.9 Å². The first-order valence-electron chi connectivity index (χ1n) is 8.28. The number of halogens is 3. The first-order chi connectivity index (χ1) is 13.7. The molecule has 0 bridgehead atoms. The minimum atomic E-state index is -4.50. The van der Waals surface area contributed by atoms with Crippen molar-refractivity contribution in [1.82, 2.24) is 4.98 Å². The molecule has 0 saturated carbocycles. The molecular formula is C18H15F3N2O6. The summed E-state index contributed by atoms with van der Waals surface area (Å²) in [4.78, 5) is 27.9. The van der Waals surface area contributed by atoms with Gasteiger partial charge in [0.05, 0.1) is 5.56 Å². The quantitative estimate of drug-likeness (QED) is 0.729. The Kier molecular flexibility index (Phi) is 5.76. The highest BCUT2D eigenvalue weighted by molar-refractivity contribution is 5.97. The van der Waals surface area contributed by atoms with Crippen LogP contribution in [0.15, 0.2) is 36.5 Å². The Morgan fingerprint density at radius 2 is 1.97 bits per heavy atom. The fourth-order valence-corrected chi connectivity index (χ4v) is 2.24. The van der Waals surface area contributed by atoms with Crippen molar-refractivity contribution < 1.29 is 41.7 Å². The average Bonchev–Trinajstić information content (AvgIpc) is 3.14. The van der Waals surface area contributed by atoms with Gasteiger partial charge < -0.3 is 24.3 Å². The van der Waals surface area contributed by atoms with E-state index in [9.17, 15) is 22.8 Å². The summed E-state index contributed by atoms with van der Waals surface area (Å²) in [6.07, 6.45) is -4.65. The van der Waals surface area contributed by atoms with Crippen molar-refractivity contribution >= 4 is 17.6 Å². The van der Waals surface area contributed by atoms with Crippen LogP contribution >= 0.6 is 0 Å². The van der Waals surface area contributed by atoms with E-state index in [0.717, 1.165) is 12.3 Å². The van der Waals surface area contributed by atoms with E-state index < -0.39 is 30.8 Å². The Balaban J connectivity index is 1.53. The number of amides is 1. The van der Waals surface area contributed by atoms with E-state index in [-0.39, 0.29) is 18.2 Å². The molecule has 1 amide bonds. The molecule has 1 aliphatic rings. The first kappa shape index (κ1) is 20.2. The number of ether oxygens (including phenoxy) is 4. The largest absolute Gasteiger partial charge is 0.468 e. The van der Waals surface area contributed by atoms with Crippen LogP contribution in [0.1, 0.15) is 17.3 Å². The SMILES string of the molecule is CC(OC(=O)c1ccc(OCC(F)(F)F)nc1)C(=O)Nc1ccc2c(c1)OCO2. The Bertz CT molecular complexity index is 901. The molecule has 11 heteroatoms. The second-order valence-electron chi connectivity index (χ2n) is 5.89. The van der Waals surface area contributed by atoms with Crippen molar-refractivity contribution in [3.63, 3.8) is 0 Å². The van der Waals surface area contributed by atoms with Gasteiger partial charge >= 0.3 is 12.1 Å². The maximum absolute atomic E-state index is 12.2. The van der Waals surface area contributed by atoms with Crippen molar-refractivity contribution in [2.75, 3.05) is 18.7 Å². The molecule has 0 aliphatic carbocycles.